The maximum absolute atomic E-state index is 13.7. The lowest BCUT2D eigenvalue weighted by molar-refractivity contribution is -0.0354. The van der Waals surface area contributed by atoms with Gasteiger partial charge in [-0.05, 0) is 55.3 Å². The first-order chi connectivity index (χ1) is 9.84. The van der Waals surface area contributed by atoms with Gasteiger partial charge in [0.15, 0.2) is 0 Å². The van der Waals surface area contributed by atoms with E-state index in [0.717, 1.165) is 0 Å². The molecule has 0 saturated heterocycles. The molecule has 0 radical (unpaired) electrons. The molecule has 1 heterocycles. The third-order valence-electron chi connectivity index (χ3n) is 3.26. The number of alkyl halides is 3. The van der Waals surface area contributed by atoms with Crippen molar-refractivity contribution < 1.29 is 13.2 Å². The summed E-state index contributed by atoms with van der Waals surface area (Å²) in [6.07, 6.45) is 1.52. The molecule has 2 aromatic carbocycles. The Morgan fingerprint density at radius 2 is 1.52 bits per heavy atom. The van der Waals surface area contributed by atoms with Gasteiger partial charge in [0.25, 0.3) is 0 Å². The van der Waals surface area contributed by atoms with E-state index in [1.165, 1.54) is 12.1 Å². The molecule has 2 aromatic rings. The Kier molecular flexibility index (Phi) is 3.51. The number of benzene rings is 2. The summed E-state index contributed by atoms with van der Waals surface area (Å²) in [5.74, 6) is 0. The SMILES string of the molecule is FC(F)(F)S1(Cl)C(c2ccc(Cl)cc2)=Cc2ccccc21. The number of fused-ring (bicyclic) bond motifs is 1. The molecule has 1 atom stereocenters. The molecule has 0 bridgehead atoms. The molecule has 0 nitrogen and oxygen atoms in total. The molecule has 110 valence electrons. The fraction of sp³-hybridized carbons (Fsp3) is 0.0667. The van der Waals surface area contributed by atoms with Crippen LogP contribution in [0.5, 0.6) is 0 Å². The van der Waals surface area contributed by atoms with E-state index >= 15 is 0 Å². The van der Waals surface area contributed by atoms with Crippen LogP contribution >= 0.6 is 31.5 Å². The smallest absolute Gasteiger partial charge is 0.160 e. The van der Waals surface area contributed by atoms with Gasteiger partial charge in [0, 0.05) is 14.8 Å². The number of hydrogen-bond acceptors (Lipinski definition) is 0. The third-order valence-corrected chi connectivity index (χ3v) is 7.61. The van der Waals surface area contributed by atoms with Crippen LogP contribution in [0, 0.1) is 0 Å². The Hall–Kier alpha value is -1.10. The zero-order valence-corrected chi connectivity index (χ0v) is 12.8. The Morgan fingerprint density at radius 1 is 0.905 bits per heavy atom. The van der Waals surface area contributed by atoms with E-state index in [-0.39, 0.29) is 9.80 Å². The Bertz CT molecular complexity index is 722. The maximum Gasteiger partial charge on any atom is 0.446 e. The molecule has 1 aliphatic heterocycles. The highest BCUT2D eigenvalue weighted by Gasteiger charge is 2.56. The molecule has 1 aliphatic rings. The molecule has 0 amide bonds. The van der Waals surface area contributed by atoms with Gasteiger partial charge in [-0.15, -0.1) is 0 Å². The van der Waals surface area contributed by atoms with Crippen molar-refractivity contribution in [2.45, 2.75) is 10.4 Å². The quantitative estimate of drug-likeness (QED) is 0.538. The molecule has 0 fully saturated rings. The predicted octanol–water partition coefficient (Wildman–Crippen LogP) is 6.69. The first kappa shape index (κ1) is 14.8. The predicted molar refractivity (Wildman–Crippen MR) is 83.5 cm³/mol. The minimum absolute atomic E-state index is 0.106. The van der Waals surface area contributed by atoms with E-state index in [2.05, 4.69) is 0 Å². The topological polar surface area (TPSA) is 0 Å². The number of hydrogen-bond donors (Lipinski definition) is 0. The Labute approximate surface area is 131 Å². The second-order valence-electron chi connectivity index (χ2n) is 4.54. The van der Waals surface area contributed by atoms with E-state index < -0.39 is 14.7 Å². The molecule has 3 rings (SSSR count). The molecule has 0 spiro atoms. The average Bonchev–Trinajstić information content (AvgIpc) is 2.75. The van der Waals surface area contributed by atoms with Gasteiger partial charge in [-0.2, -0.15) is 13.2 Å². The van der Waals surface area contributed by atoms with Gasteiger partial charge in [-0.25, -0.2) is 0 Å². The molecule has 1 unspecified atom stereocenters. The molecular formula is C15H9Cl2F3S. The van der Waals surface area contributed by atoms with Crippen LogP contribution in [-0.2, 0) is 0 Å². The minimum atomic E-state index is -4.52. The summed E-state index contributed by atoms with van der Waals surface area (Å²) in [6.45, 7) is 0. The molecular weight excluding hydrogens is 340 g/mol. The largest absolute Gasteiger partial charge is 0.446 e. The van der Waals surface area contributed by atoms with Crippen LogP contribution in [0.4, 0.5) is 13.2 Å². The van der Waals surface area contributed by atoms with Crippen LogP contribution in [0.1, 0.15) is 11.1 Å². The van der Waals surface area contributed by atoms with E-state index in [1.54, 1.807) is 42.5 Å². The maximum atomic E-state index is 13.7. The van der Waals surface area contributed by atoms with Gasteiger partial charge in [-0.3, -0.25) is 0 Å². The zero-order chi connectivity index (χ0) is 15.3. The standard InChI is InChI=1S/C15H9Cl2F3S/c16-12-7-5-10(6-8-12)14-9-11-3-1-2-4-13(11)21(14,17)15(18,19)20/h1-9H. The van der Waals surface area contributed by atoms with Gasteiger partial charge in [0.2, 0.25) is 0 Å². The Morgan fingerprint density at radius 3 is 2.14 bits per heavy atom. The normalized spacial score (nSPS) is 24.1. The molecule has 21 heavy (non-hydrogen) atoms. The minimum Gasteiger partial charge on any atom is -0.160 e. The lowest BCUT2D eigenvalue weighted by atomic mass is 10.1. The zero-order valence-electron chi connectivity index (χ0n) is 10.5. The van der Waals surface area contributed by atoms with Crippen molar-refractivity contribution in [1.82, 2.24) is 0 Å². The van der Waals surface area contributed by atoms with E-state index in [0.29, 0.717) is 16.1 Å². The van der Waals surface area contributed by atoms with E-state index in [4.69, 9.17) is 22.3 Å². The number of rotatable bonds is 1. The second kappa shape index (κ2) is 4.97. The van der Waals surface area contributed by atoms with Gasteiger partial charge in [0.05, 0.1) is 0 Å². The van der Waals surface area contributed by atoms with E-state index in [9.17, 15) is 13.2 Å². The van der Waals surface area contributed by atoms with Crippen LogP contribution in [0.15, 0.2) is 53.4 Å². The first-order valence-electron chi connectivity index (χ1n) is 6.00. The Balaban J connectivity index is 2.23. The summed E-state index contributed by atoms with van der Waals surface area (Å²) in [4.78, 5) is 0.249. The van der Waals surface area contributed by atoms with Gasteiger partial charge in [-0.1, -0.05) is 41.9 Å². The molecule has 0 saturated carbocycles. The summed E-state index contributed by atoms with van der Waals surface area (Å²) < 4.78 is 41.0. The van der Waals surface area contributed by atoms with Gasteiger partial charge >= 0.3 is 5.51 Å². The monoisotopic (exact) mass is 348 g/mol. The highest BCUT2D eigenvalue weighted by Crippen LogP contribution is 2.81. The fourth-order valence-electron chi connectivity index (χ4n) is 2.31. The van der Waals surface area contributed by atoms with Crippen LogP contribution < -0.4 is 0 Å². The van der Waals surface area contributed by atoms with Crippen molar-refractivity contribution in [2.24, 2.45) is 0 Å². The van der Waals surface area contributed by atoms with Crippen molar-refractivity contribution in [3.8, 4) is 0 Å². The highest BCUT2D eigenvalue weighted by atomic mass is 35.7. The summed E-state index contributed by atoms with van der Waals surface area (Å²) in [5, 5.41) is 0.469. The number of halogens is 5. The van der Waals surface area contributed by atoms with Crippen LogP contribution in [0.2, 0.25) is 5.02 Å². The average molecular weight is 349 g/mol. The highest BCUT2D eigenvalue weighted by molar-refractivity contribution is 8.58. The van der Waals surface area contributed by atoms with Crippen LogP contribution in [-0.4, -0.2) is 5.51 Å². The van der Waals surface area contributed by atoms with Gasteiger partial charge in [0.1, 0.15) is 0 Å². The molecule has 0 aliphatic carbocycles. The van der Waals surface area contributed by atoms with Crippen molar-refractivity contribution in [3.63, 3.8) is 0 Å². The summed E-state index contributed by atoms with van der Waals surface area (Å²) in [6, 6.07) is 12.6. The van der Waals surface area contributed by atoms with Crippen LogP contribution in [0.3, 0.4) is 0 Å². The molecule has 0 aromatic heterocycles. The summed E-state index contributed by atoms with van der Waals surface area (Å²) >= 11 is 5.80. The van der Waals surface area contributed by atoms with Gasteiger partial charge < -0.3 is 0 Å². The van der Waals surface area contributed by atoms with Crippen molar-refractivity contribution >= 4 is 42.5 Å². The summed E-state index contributed by atoms with van der Waals surface area (Å²) in [7, 11) is 2.58. The van der Waals surface area contributed by atoms with Crippen molar-refractivity contribution in [1.29, 1.82) is 0 Å². The lowest BCUT2D eigenvalue weighted by Crippen LogP contribution is -2.15. The second-order valence-corrected chi connectivity index (χ2v) is 8.78. The fourth-order valence-corrected chi connectivity index (χ4v) is 5.46. The molecule has 6 heteroatoms. The summed E-state index contributed by atoms with van der Waals surface area (Å²) in [5.41, 5.74) is -3.56. The van der Waals surface area contributed by atoms with Crippen molar-refractivity contribution in [2.75, 3.05) is 0 Å². The van der Waals surface area contributed by atoms with E-state index in [1.807, 2.05) is 0 Å². The third kappa shape index (κ3) is 2.26. The van der Waals surface area contributed by atoms with Crippen LogP contribution in [0.25, 0.3) is 11.0 Å². The molecule has 0 N–H and O–H groups in total. The first-order valence-corrected chi connectivity index (χ1v) is 8.84. The van der Waals surface area contributed by atoms with Crippen molar-refractivity contribution in [3.05, 3.63) is 64.7 Å². The lowest BCUT2D eigenvalue weighted by Gasteiger charge is -2.34.